The molecule has 0 amide bonds. The number of halogens is 1. The number of hydrogen-bond acceptors (Lipinski definition) is 4. The summed E-state index contributed by atoms with van der Waals surface area (Å²) in [5, 5.41) is 0. The van der Waals surface area contributed by atoms with Gasteiger partial charge in [0.25, 0.3) is 10.1 Å². The number of methoxy groups -OCH3 is 1. The highest BCUT2D eigenvalue weighted by Gasteiger charge is 2.23. The van der Waals surface area contributed by atoms with E-state index in [1.54, 1.807) is 12.1 Å². The molecule has 0 bridgehead atoms. The Bertz CT molecular complexity index is 622. The normalized spacial score (nSPS) is 18.9. The Labute approximate surface area is 118 Å². The zero-order valence-corrected chi connectivity index (χ0v) is 12.2. The largest absolute Gasteiger partial charge is 0.494 e. The summed E-state index contributed by atoms with van der Waals surface area (Å²) in [7, 11) is -2.04. The molecule has 0 heterocycles. The highest BCUT2D eigenvalue weighted by molar-refractivity contribution is 7.85. The minimum absolute atomic E-state index is 0.0000997. The molecule has 1 aromatic carbocycles. The molecule has 0 spiro atoms. The highest BCUT2D eigenvalue weighted by atomic mass is 32.2. The second-order valence-corrected chi connectivity index (χ2v) is 6.42. The molecule has 2 rings (SSSR count). The number of ether oxygens (including phenoxy) is 1. The van der Waals surface area contributed by atoms with E-state index < -0.39 is 15.9 Å². The first-order valence-corrected chi connectivity index (χ1v) is 8.10. The van der Waals surface area contributed by atoms with E-state index in [1.807, 2.05) is 6.08 Å². The van der Waals surface area contributed by atoms with Crippen LogP contribution >= 0.6 is 0 Å². The molecule has 6 heteroatoms. The Hall–Kier alpha value is -1.40. The lowest BCUT2D eigenvalue weighted by atomic mass is 9.95. The molecule has 110 valence electrons. The second kappa shape index (κ2) is 5.93. The topological polar surface area (TPSA) is 52.6 Å². The van der Waals surface area contributed by atoms with Crippen LogP contribution in [0.25, 0.3) is 5.57 Å². The molecule has 4 nitrogen and oxygen atoms in total. The lowest BCUT2D eigenvalue weighted by Crippen LogP contribution is -2.13. The van der Waals surface area contributed by atoms with Crippen LogP contribution in [0.5, 0.6) is 5.75 Å². The highest BCUT2D eigenvalue weighted by Crippen LogP contribution is 2.36. The molecule has 1 unspecified atom stereocenters. The van der Waals surface area contributed by atoms with Crippen LogP contribution in [0.1, 0.15) is 18.4 Å². The van der Waals surface area contributed by atoms with Gasteiger partial charge in [-0.15, -0.1) is 0 Å². The summed E-state index contributed by atoms with van der Waals surface area (Å²) >= 11 is 0. The molecule has 0 aromatic heterocycles. The lowest BCUT2D eigenvalue weighted by Gasteiger charge is -2.15. The fourth-order valence-electron chi connectivity index (χ4n) is 2.33. The standard InChI is InChI=1S/C14H17FO4S/c1-18-14-8-10(6-7-13(14)15)12-5-3-4-11(12)9-19-20(2,16)17/h5-8,11H,3-4,9H2,1-2H3. The minimum atomic E-state index is -3.45. The molecule has 0 fully saturated rings. The smallest absolute Gasteiger partial charge is 0.264 e. The summed E-state index contributed by atoms with van der Waals surface area (Å²) in [6.07, 6.45) is 4.74. The van der Waals surface area contributed by atoms with Crippen molar-refractivity contribution in [3.05, 3.63) is 35.7 Å². The quantitative estimate of drug-likeness (QED) is 0.784. The van der Waals surface area contributed by atoms with Crippen LogP contribution in [0.15, 0.2) is 24.3 Å². The SMILES string of the molecule is COc1cc(C2=CCCC2COS(C)(=O)=O)ccc1F. The van der Waals surface area contributed by atoms with Crippen molar-refractivity contribution in [1.29, 1.82) is 0 Å². The summed E-state index contributed by atoms with van der Waals surface area (Å²) in [4.78, 5) is 0. The molecular formula is C14H17FO4S. The van der Waals surface area contributed by atoms with Gasteiger partial charge in [0.1, 0.15) is 0 Å². The zero-order valence-electron chi connectivity index (χ0n) is 11.4. The number of rotatable bonds is 5. The van der Waals surface area contributed by atoms with E-state index in [0.717, 1.165) is 30.2 Å². The van der Waals surface area contributed by atoms with Crippen LogP contribution in [-0.2, 0) is 14.3 Å². The fraction of sp³-hybridized carbons (Fsp3) is 0.429. The second-order valence-electron chi connectivity index (χ2n) is 4.77. The van der Waals surface area contributed by atoms with Gasteiger partial charge in [0.2, 0.25) is 0 Å². The van der Waals surface area contributed by atoms with Crippen LogP contribution < -0.4 is 4.74 Å². The molecule has 1 aliphatic carbocycles. The minimum Gasteiger partial charge on any atom is -0.494 e. The zero-order chi connectivity index (χ0) is 14.8. The number of hydrogen-bond donors (Lipinski definition) is 0. The van der Waals surface area contributed by atoms with Crippen molar-refractivity contribution in [2.45, 2.75) is 12.8 Å². The molecule has 0 saturated heterocycles. The van der Waals surface area contributed by atoms with Gasteiger partial charge in [0.05, 0.1) is 20.0 Å². The van der Waals surface area contributed by atoms with Gasteiger partial charge < -0.3 is 4.74 Å². The molecule has 1 aromatic rings. The summed E-state index contributed by atoms with van der Waals surface area (Å²) in [5.41, 5.74) is 1.81. The lowest BCUT2D eigenvalue weighted by molar-refractivity contribution is 0.285. The first-order chi connectivity index (χ1) is 9.40. The van der Waals surface area contributed by atoms with E-state index in [2.05, 4.69) is 0 Å². The van der Waals surface area contributed by atoms with Crippen molar-refractivity contribution in [2.24, 2.45) is 5.92 Å². The Morgan fingerprint density at radius 2 is 2.15 bits per heavy atom. The molecule has 0 radical (unpaired) electrons. The van der Waals surface area contributed by atoms with Gasteiger partial charge >= 0.3 is 0 Å². The third kappa shape index (κ3) is 3.58. The summed E-state index contributed by atoms with van der Waals surface area (Å²) in [5.74, 6) is -0.239. The summed E-state index contributed by atoms with van der Waals surface area (Å²) in [6.45, 7) is 0.115. The molecule has 1 atom stereocenters. The van der Waals surface area contributed by atoms with Gasteiger partial charge in [0, 0.05) is 5.92 Å². The van der Waals surface area contributed by atoms with Gasteiger partial charge in [-0.2, -0.15) is 8.42 Å². The third-order valence-electron chi connectivity index (χ3n) is 3.29. The van der Waals surface area contributed by atoms with Gasteiger partial charge in [-0.1, -0.05) is 12.1 Å². The fourth-order valence-corrected chi connectivity index (χ4v) is 2.75. The average Bonchev–Trinajstić information content (AvgIpc) is 2.84. The molecule has 0 N–H and O–H groups in total. The van der Waals surface area contributed by atoms with E-state index in [1.165, 1.54) is 13.2 Å². The maximum Gasteiger partial charge on any atom is 0.264 e. The maximum atomic E-state index is 13.4. The van der Waals surface area contributed by atoms with Crippen LogP contribution in [0.4, 0.5) is 4.39 Å². The van der Waals surface area contributed by atoms with Crippen LogP contribution in [0.3, 0.4) is 0 Å². The number of allylic oxidation sites excluding steroid dienone is 1. The first-order valence-electron chi connectivity index (χ1n) is 6.29. The van der Waals surface area contributed by atoms with E-state index in [-0.39, 0.29) is 18.3 Å². The summed E-state index contributed by atoms with van der Waals surface area (Å²) in [6, 6.07) is 4.64. The van der Waals surface area contributed by atoms with Crippen molar-refractivity contribution in [3.63, 3.8) is 0 Å². The predicted octanol–water partition coefficient (Wildman–Crippen LogP) is 2.60. The van der Waals surface area contributed by atoms with Crippen LogP contribution in [0, 0.1) is 11.7 Å². The molecule has 1 aliphatic rings. The van der Waals surface area contributed by atoms with Crippen molar-refractivity contribution in [1.82, 2.24) is 0 Å². The van der Waals surface area contributed by atoms with Gasteiger partial charge in [-0.25, -0.2) is 4.39 Å². The predicted molar refractivity (Wildman–Crippen MR) is 74.4 cm³/mol. The first kappa shape index (κ1) is 15.0. The average molecular weight is 300 g/mol. The van der Waals surface area contributed by atoms with E-state index >= 15 is 0 Å². The summed E-state index contributed by atoms with van der Waals surface area (Å²) < 4.78 is 45.4. The van der Waals surface area contributed by atoms with Gasteiger partial charge in [0.15, 0.2) is 11.6 Å². The van der Waals surface area contributed by atoms with Crippen molar-refractivity contribution >= 4 is 15.7 Å². The molecule has 0 aliphatic heterocycles. The Kier molecular flexibility index (Phi) is 4.45. The van der Waals surface area contributed by atoms with Crippen molar-refractivity contribution in [3.8, 4) is 5.75 Å². The van der Waals surface area contributed by atoms with E-state index in [9.17, 15) is 12.8 Å². The molecule has 0 saturated carbocycles. The molecule has 20 heavy (non-hydrogen) atoms. The van der Waals surface area contributed by atoms with Gasteiger partial charge in [-0.3, -0.25) is 4.18 Å². The molecular weight excluding hydrogens is 283 g/mol. The Morgan fingerprint density at radius 3 is 2.80 bits per heavy atom. The monoisotopic (exact) mass is 300 g/mol. The van der Waals surface area contributed by atoms with Crippen molar-refractivity contribution < 1.29 is 21.7 Å². The van der Waals surface area contributed by atoms with Crippen molar-refractivity contribution in [2.75, 3.05) is 20.0 Å². The van der Waals surface area contributed by atoms with E-state index in [4.69, 9.17) is 8.92 Å². The Morgan fingerprint density at radius 1 is 1.40 bits per heavy atom. The van der Waals surface area contributed by atoms with E-state index in [0.29, 0.717) is 0 Å². The van der Waals surface area contributed by atoms with Crippen LogP contribution in [-0.4, -0.2) is 28.4 Å². The number of benzene rings is 1. The Balaban J connectivity index is 2.18. The van der Waals surface area contributed by atoms with Gasteiger partial charge in [-0.05, 0) is 36.1 Å². The van der Waals surface area contributed by atoms with Crippen LogP contribution in [0.2, 0.25) is 0 Å². The third-order valence-corrected chi connectivity index (χ3v) is 3.85. The maximum absolute atomic E-state index is 13.4.